The van der Waals surface area contributed by atoms with E-state index in [1.807, 2.05) is 0 Å². The van der Waals surface area contributed by atoms with Gasteiger partial charge >= 0.3 is 0 Å². The van der Waals surface area contributed by atoms with Crippen LogP contribution in [0.2, 0.25) is 0 Å². The molecule has 0 aliphatic heterocycles. The lowest BCUT2D eigenvalue weighted by Gasteiger charge is -2.39. The SMILES string of the molecule is O=P([O-])([O-])OP(=O)([O-])[O-].[NH4+].[NH4+]. The minimum Gasteiger partial charge on any atom is -0.790 e. The fourth-order valence-electron chi connectivity index (χ4n) is 0.122. The molecule has 0 fully saturated rings. The molecule has 0 amide bonds. The third-order valence-corrected chi connectivity index (χ3v) is 1.80. The first kappa shape index (κ1) is 17.3. The Labute approximate surface area is 62.0 Å². The first-order chi connectivity index (χ1) is 3.71. The number of rotatable bonds is 2. The van der Waals surface area contributed by atoms with Gasteiger partial charge in [-0.15, -0.1) is 0 Å². The molecule has 0 aliphatic rings. The highest BCUT2D eigenvalue weighted by Crippen LogP contribution is 2.42. The van der Waals surface area contributed by atoms with Crippen LogP contribution in [0.15, 0.2) is 0 Å². The van der Waals surface area contributed by atoms with Gasteiger partial charge in [0.1, 0.15) is 0 Å². The van der Waals surface area contributed by atoms with Gasteiger partial charge in [0, 0.05) is 0 Å². The molecule has 9 nitrogen and oxygen atoms in total. The van der Waals surface area contributed by atoms with Crippen molar-refractivity contribution in [3.63, 3.8) is 0 Å². The van der Waals surface area contributed by atoms with Crippen molar-refractivity contribution in [3.8, 4) is 0 Å². The van der Waals surface area contributed by atoms with Crippen LogP contribution >= 0.6 is 15.6 Å². The Balaban J connectivity index is -0.000000320. The van der Waals surface area contributed by atoms with Crippen LogP contribution < -0.4 is 31.9 Å². The van der Waals surface area contributed by atoms with Crippen molar-refractivity contribution in [3.05, 3.63) is 0 Å². The van der Waals surface area contributed by atoms with Crippen molar-refractivity contribution in [1.29, 1.82) is 0 Å². The van der Waals surface area contributed by atoms with Crippen LogP contribution in [0.4, 0.5) is 0 Å². The van der Waals surface area contributed by atoms with E-state index in [9.17, 15) is 28.7 Å². The number of phosphoric acid groups is 2. The zero-order chi connectivity index (χ0) is 7.71. The predicted octanol–water partition coefficient (Wildman–Crippen LogP) is -2.59. The summed E-state index contributed by atoms with van der Waals surface area (Å²) < 4.78 is 21.2. The Hall–Kier alpha value is 0.180. The maximum Gasteiger partial charge on any atom is 0.0655 e. The summed E-state index contributed by atoms with van der Waals surface area (Å²) >= 11 is 0. The van der Waals surface area contributed by atoms with Crippen molar-refractivity contribution in [2.24, 2.45) is 0 Å². The van der Waals surface area contributed by atoms with Gasteiger partial charge in [0.15, 0.2) is 0 Å². The van der Waals surface area contributed by atoms with E-state index in [2.05, 4.69) is 4.31 Å². The fraction of sp³-hybridized carbons (Fsp3) is 0. The second-order valence-electron chi connectivity index (χ2n) is 0.976. The zero-order valence-electron chi connectivity index (χ0n) is 5.75. The van der Waals surface area contributed by atoms with Crippen LogP contribution in [-0.4, -0.2) is 0 Å². The van der Waals surface area contributed by atoms with Gasteiger partial charge in [0.05, 0.1) is 15.6 Å². The molecule has 11 heavy (non-hydrogen) atoms. The number of hydrogen-bond donors (Lipinski definition) is 2. The van der Waals surface area contributed by atoms with Crippen LogP contribution in [0.1, 0.15) is 0 Å². The molecule has 8 N–H and O–H groups in total. The van der Waals surface area contributed by atoms with Crippen LogP contribution in [0.25, 0.3) is 0 Å². The molecule has 0 saturated heterocycles. The summed E-state index contributed by atoms with van der Waals surface area (Å²) in [4.78, 5) is 37.3. The monoisotopic (exact) mass is 210 g/mol. The minimum absolute atomic E-state index is 0. The molecule has 0 saturated carbocycles. The Morgan fingerprint density at radius 2 is 1.00 bits per heavy atom. The van der Waals surface area contributed by atoms with Gasteiger partial charge in [0.25, 0.3) is 0 Å². The molecule has 0 spiro atoms. The predicted molar refractivity (Wildman–Crippen MR) is 28.3 cm³/mol. The molecule has 11 heteroatoms. The maximum absolute atomic E-state index is 9.32. The lowest BCUT2D eigenvalue weighted by molar-refractivity contribution is -0.364. The maximum atomic E-state index is 9.32. The van der Waals surface area contributed by atoms with Crippen LogP contribution in [0.5, 0.6) is 0 Å². The first-order valence-electron chi connectivity index (χ1n) is 1.46. The second kappa shape index (κ2) is 4.94. The molecule has 0 aliphatic carbocycles. The molecule has 0 aromatic heterocycles. The fourth-order valence-corrected chi connectivity index (χ4v) is 1.10. The average Bonchev–Trinajstić information content (AvgIpc) is 1.14. The van der Waals surface area contributed by atoms with Gasteiger partial charge in [-0.1, -0.05) is 0 Å². The topological polar surface area (TPSA) is 209 Å². The zero-order valence-corrected chi connectivity index (χ0v) is 7.54. The smallest absolute Gasteiger partial charge is 0.0655 e. The third kappa shape index (κ3) is 17.8. The standard InChI is InChI=1S/2H3N.H4O7P2/c;;1-8(2,3)7-9(4,5)6/h2*1H3;(H2,1,2,3)(H2,4,5,6)/p-2. The van der Waals surface area contributed by atoms with Crippen LogP contribution in [-0.2, 0) is 13.4 Å². The molecule has 0 rings (SSSR count). The van der Waals surface area contributed by atoms with E-state index in [1.54, 1.807) is 0 Å². The molecule has 0 aromatic carbocycles. The molecule has 0 unspecified atom stereocenters. The summed E-state index contributed by atoms with van der Waals surface area (Å²) in [5, 5.41) is 0. The van der Waals surface area contributed by atoms with Crippen LogP contribution in [0, 0.1) is 0 Å². The van der Waals surface area contributed by atoms with E-state index in [0.29, 0.717) is 0 Å². The first-order valence-corrected chi connectivity index (χ1v) is 4.38. The number of quaternary nitrogens is 2. The molecule has 72 valence electrons. The third-order valence-electron chi connectivity index (χ3n) is 0.200. The lowest BCUT2D eigenvalue weighted by atomic mass is 14.0. The van der Waals surface area contributed by atoms with Gasteiger partial charge < -0.3 is 45.3 Å². The minimum atomic E-state index is -5.68. The van der Waals surface area contributed by atoms with E-state index in [0.717, 1.165) is 0 Å². The second-order valence-corrected chi connectivity index (χ2v) is 3.42. The number of hydrogen-bond acceptors (Lipinski definition) is 7. The van der Waals surface area contributed by atoms with E-state index in [4.69, 9.17) is 0 Å². The van der Waals surface area contributed by atoms with Crippen molar-refractivity contribution < 1.29 is 33.0 Å². The Morgan fingerprint density at radius 3 is 1.00 bits per heavy atom. The quantitative estimate of drug-likeness (QED) is 0.463. The summed E-state index contributed by atoms with van der Waals surface area (Å²) in [5.74, 6) is 0. The van der Waals surface area contributed by atoms with E-state index >= 15 is 0 Å². The van der Waals surface area contributed by atoms with Crippen LogP contribution in [0.3, 0.4) is 0 Å². The summed E-state index contributed by atoms with van der Waals surface area (Å²) in [6, 6.07) is 0. The summed E-state index contributed by atoms with van der Waals surface area (Å²) in [7, 11) is -11.4. The molecule has 0 aromatic rings. The molecule has 0 heterocycles. The molecule has 0 atom stereocenters. The van der Waals surface area contributed by atoms with Gasteiger partial charge in [-0.2, -0.15) is 0 Å². The van der Waals surface area contributed by atoms with E-state index in [-0.39, 0.29) is 12.3 Å². The van der Waals surface area contributed by atoms with Crippen molar-refractivity contribution in [2.45, 2.75) is 0 Å². The Morgan fingerprint density at radius 1 is 0.818 bits per heavy atom. The molecule has 0 radical (unpaired) electrons. The van der Waals surface area contributed by atoms with Gasteiger partial charge in [-0.05, 0) is 0 Å². The Bertz CT molecular complexity index is 155. The highest BCUT2D eigenvalue weighted by atomic mass is 31.3. The van der Waals surface area contributed by atoms with E-state index < -0.39 is 15.6 Å². The van der Waals surface area contributed by atoms with Gasteiger partial charge in [-0.3, -0.25) is 0 Å². The highest BCUT2D eigenvalue weighted by molar-refractivity contribution is 7.57. The van der Waals surface area contributed by atoms with Crippen molar-refractivity contribution in [2.75, 3.05) is 0 Å². The van der Waals surface area contributed by atoms with Gasteiger partial charge in [0.2, 0.25) is 0 Å². The summed E-state index contributed by atoms with van der Waals surface area (Å²) in [6.07, 6.45) is 0. The van der Waals surface area contributed by atoms with Gasteiger partial charge in [-0.25, -0.2) is 0 Å². The molecule has 0 bridgehead atoms. The Kier molecular flexibility index (Phi) is 7.77. The summed E-state index contributed by atoms with van der Waals surface area (Å²) in [6.45, 7) is 0. The largest absolute Gasteiger partial charge is 0.790 e. The molecular weight excluding hydrogens is 202 g/mol. The van der Waals surface area contributed by atoms with E-state index in [1.165, 1.54) is 0 Å². The lowest BCUT2D eigenvalue weighted by Crippen LogP contribution is -2.23. The van der Waals surface area contributed by atoms with Crippen molar-refractivity contribution in [1.82, 2.24) is 12.3 Å². The van der Waals surface area contributed by atoms with Crippen molar-refractivity contribution >= 4 is 15.6 Å². The average molecular weight is 210 g/mol. The molecular formula is H8N2O7P2-2. The highest BCUT2D eigenvalue weighted by Gasteiger charge is 1.92. The normalized spacial score (nSPS) is 11.3. The summed E-state index contributed by atoms with van der Waals surface area (Å²) in [5.41, 5.74) is 0.